The summed E-state index contributed by atoms with van der Waals surface area (Å²) in [7, 11) is 1.91. The molecule has 2 nitrogen and oxygen atoms in total. The van der Waals surface area contributed by atoms with Crippen LogP contribution in [0.1, 0.15) is 45.1 Å². The van der Waals surface area contributed by atoms with Gasteiger partial charge in [0.25, 0.3) is 0 Å². The third-order valence-electron chi connectivity index (χ3n) is 3.33. The molecule has 1 amide bonds. The van der Waals surface area contributed by atoms with Crippen LogP contribution in [0.15, 0.2) is 28.7 Å². The Bertz CT molecular complexity index is 382. The number of rotatable bonds is 7. The van der Waals surface area contributed by atoms with Crippen molar-refractivity contribution in [2.75, 3.05) is 7.05 Å². The lowest BCUT2D eigenvalue weighted by Gasteiger charge is -2.23. The van der Waals surface area contributed by atoms with Crippen molar-refractivity contribution in [2.24, 2.45) is 5.92 Å². The summed E-state index contributed by atoms with van der Waals surface area (Å²) in [6.45, 7) is 4.98. The minimum absolute atomic E-state index is 0.190. The third-order valence-corrected chi connectivity index (χ3v) is 3.86. The average molecular weight is 326 g/mol. The molecule has 1 rings (SSSR count). The fraction of sp³-hybridized carbons (Fsp3) is 0.562. The maximum absolute atomic E-state index is 12.4. The van der Waals surface area contributed by atoms with Gasteiger partial charge in [0, 0.05) is 24.0 Å². The van der Waals surface area contributed by atoms with Gasteiger partial charge in [-0.25, -0.2) is 0 Å². The monoisotopic (exact) mass is 325 g/mol. The van der Waals surface area contributed by atoms with Gasteiger partial charge < -0.3 is 4.90 Å². The second-order valence-corrected chi connectivity index (χ2v) is 6.01. The average Bonchev–Trinajstić information content (AvgIpc) is 2.40. The number of halogens is 1. The van der Waals surface area contributed by atoms with Gasteiger partial charge in [-0.15, -0.1) is 0 Å². The minimum atomic E-state index is 0.190. The topological polar surface area (TPSA) is 20.3 Å². The second kappa shape index (κ2) is 8.36. The molecule has 0 aromatic heterocycles. The van der Waals surface area contributed by atoms with Gasteiger partial charge in [0.15, 0.2) is 0 Å². The van der Waals surface area contributed by atoms with E-state index in [9.17, 15) is 4.79 Å². The first-order chi connectivity index (χ1) is 9.08. The van der Waals surface area contributed by atoms with Crippen LogP contribution in [0.5, 0.6) is 0 Å². The number of benzene rings is 1. The largest absolute Gasteiger partial charge is 0.341 e. The molecule has 3 heteroatoms. The van der Waals surface area contributed by atoms with Crippen LogP contribution >= 0.6 is 15.9 Å². The summed E-state index contributed by atoms with van der Waals surface area (Å²) >= 11 is 3.42. The minimum Gasteiger partial charge on any atom is -0.341 e. The quantitative estimate of drug-likeness (QED) is 0.716. The number of carbonyl (C=O) groups excluding carboxylic acids is 1. The molecule has 0 radical (unpaired) electrons. The van der Waals surface area contributed by atoms with Crippen molar-refractivity contribution in [2.45, 2.75) is 46.1 Å². The number of carbonyl (C=O) groups is 1. The van der Waals surface area contributed by atoms with Crippen molar-refractivity contribution in [1.82, 2.24) is 4.90 Å². The SMILES string of the molecule is CCCC(CCC)C(=O)N(C)Cc1ccc(Br)cc1. The molecule has 0 atom stereocenters. The summed E-state index contributed by atoms with van der Waals surface area (Å²) in [5.41, 5.74) is 1.17. The lowest BCUT2D eigenvalue weighted by atomic mass is 9.96. The van der Waals surface area contributed by atoms with E-state index in [0.29, 0.717) is 6.54 Å². The Kier molecular flexibility index (Phi) is 7.14. The van der Waals surface area contributed by atoms with Crippen molar-refractivity contribution in [3.05, 3.63) is 34.3 Å². The van der Waals surface area contributed by atoms with E-state index in [1.165, 1.54) is 5.56 Å². The van der Waals surface area contributed by atoms with Crippen LogP contribution in [0, 0.1) is 5.92 Å². The Hall–Kier alpha value is -0.830. The Morgan fingerprint density at radius 3 is 2.16 bits per heavy atom. The van der Waals surface area contributed by atoms with Gasteiger partial charge >= 0.3 is 0 Å². The van der Waals surface area contributed by atoms with Crippen LogP contribution in [0.4, 0.5) is 0 Å². The molecule has 0 aliphatic rings. The van der Waals surface area contributed by atoms with Gasteiger partial charge in [-0.05, 0) is 30.5 Å². The molecule has 1 aromatic rings. The van der Waals surface area contributed by atoms with Crippen LogP contribution in [0.25, 0.3) is 0 Å². The van der Waals surface area contributed by atoms with E-state index >= 15 is 0 Å². The van der Waals surface area contributed by atoms with Crippen molar-refractivity contribution in [3.63, 3.8) is 0 Å². The summed E-state index contributed by atoms with van der Waals surface area (Å²) in [4.78, 5) is 14.3. The number of nitrogens with zero attached hydrogens (tertiary/aromatic N) is 1. The summed E-state index contributed by atoms with van der Waals surface area (Å²) in [5, 5.41) is 0. The molecular formula is C16H24BrNO. The smallest absolute Gasteiger partial charge is 0.225 e. The predicted octanol–water partition coefficient (Wildman–Crippen LogP) is 4.62. The maximum atomic E-state index is 12.4. The van der Waals surface area contributed by atoms with E-state index in [1.54, 1.807) is 0 Å². The maximum Gasteiger partial charge on any atom is 0.225 e. The molecule has 0 saturated heterocycles. The molecule has 0 aliphatic carbocycles. The molecule has 19 heavy (non-hydrogen) atoms. The van der Waals surface area contributed by atoms with E-state index in [2.05, 4.69) is 41.9 Å². The Balaban J connectivity index is 2.62. The highest BCUT2D eigenvalue weighted by Gasteiger charge is 2.20. The Labute approximate surface area is 125 Å². The first kappa shape index (κ1) is 16.2. The summed E-state index contributed by atoms with van der Waals surface area (Å²) in [6, 6.07) is 8.15. The van der Waals surface area contributed by atoms with Gasteiger partial charge in [0.2, 0.25) is 5.91 Å². The summed E-state index contributed by atoms with van der Waals surface area (Å²) in [6.07, 6.45) is 4.14. The van der Waals surface area contributed by atoms with Crippen molar-refractivity contribution in [3.8, 4) is 0 Å². The van der Waals surface area contributed by atoms with Crippen LogP contribution in [-0.4, -0.2) is 17.9 Å². The van der Waals surface area contributed by atoms with E-state index in [0.717, 1.165) is 30.2 Å². The molecule has 0 saturated carbocycles. The molecule has 0 aliphatic heterocycles. The lowest BCUT2D eigenvalue weighted by Crippen LogP contribution is -2.32. The Morgan fingerprint density at radius 1 is 1.16 bits per heavy atom. The molecule has 0 unspecified atom stereocenters. The van der Waals surface area contributed by atoms with Gasteiger partial charge in [-0.3, -0.25) is 4.79 Å². The number of hydrogen-bond acceptors (Lipinski definition) is 1. The van der Waals surface area contributed by atoms with Crippen molar-refractivity contribution >= 4 is 21.8 Å². The van der Waals surface area contributed by atoms with Gasteiger partial charge in [-0.1, -0.05) is 54.8 Å². The number of hydrogen-bond donors (Lipinski definition) is 0. The Morgan fingerprint density at radius 2 is 1.68 bits per heavy atom. The van der Waals surface area contributed by atoms with Crippen LogP contribution in [0.3, 0.4) is 0 Å². The van der Waals surface area contributed by atoms with E-state index in [4.69, 9.17) is 0 Å². The summed E-state index contributed by atoms with van der Waals surface area (Å²) < 4.78 is 1.07. The van der Waals surface area contributed by atoms with Crippen LogP contribution in [0.2, 0.25) is 0 Å². The first-order valence-electron chi connectivity index (χ1n) is 7.07. The molecule has 106 valence electrons. The highest BCUT2D eigenvalue weighted by Crippen LogP contribution is 2.18. The first-order valence-corrected chi connectivity index (χ1v) is 7.87. The predicted molar refractivity (Wildman–Crippen MR) is 83.9 cm³/mol. The standard InChI is InChI=1S/C16H24BrNO/c1-4-6-14(7-5-2)16(19)18(3)12-13-8-10-15(17)11-9-13/h8-11,14H,4-7,12H2,1-3H3. The zero-order valence-corrected chi connectivity index (χ0v) is 13.7. The van der Waals surface area contributed by atoms with Crippen molar-refractivity contribution in [1.29, 1.82) is 0 Å². The molecular weight excluding hydrogens is 302 g/mol. The van der Waals surface area contributed by atoms with Gasteiger partial charge in [-0.2, -0.15) is 0 Å². The fourth-order valence-electron chi connectivity index (χ4n) is 2.34. The molecule has 0 bridgehead atoms. The van der Waals surface area contributed by atoms with Gasteiger partial charge in [0.1, 0.15) is 0 Å². The van der Waals surface area contributed by atoms with Crippen molar-refractivity contribution < 1.29 is 4.79 Å². The summed E-state index contributed by atoms with van der Waals surface area (Å²) in [5.74, 6) is 0.474. The molecule has 0 spiro atoms. The van der Waals surface area contributed by atoms with E-state index in [1.807, 2.05) is 24.1 Å². The highest BCUT2D eigenvalue weighted by molar-refractivity contribution is 9.10. The highest BCUT2D eigenvalue weighted by atomic mass is 79.9. The molecule has 0 N–H and O–H groups in total. The molecule has 0 heterocycles. The zero-order valence-electron chi connectivity index (χ0n) is 12.2. The van der Waals surface area contributed by atoms with E-state index in [-0.39, 0.29) is 11.8 Å². The molecule has 0 fully saturated rings. The molecule has 1 aromatic carbocycles. The normalized spacial score (nSPS) is 10.8. The van der Waals surface area contributed by atoms with Crippen LogP contribution in [-0.2, 0) is 11.3 Å². The number of amides is 1. The fourth-order valence-corrected chi connectivity index (χ4v) is 2.61. The lowest BCUT2D eigenvalue weighted by molar-refractivity contribution is -0.135. The zero-order chi connectivity index (χ0) is 14.3. The van der Waals surface area contributed by atoms with Crippen LogP contribution < -0.4 is 0 Å². The third kappa shape index (κ3) is 5.35. The second-order valence-electron chi connectivity index (χ2n) is 5.10. The van der Waals surface area contributed by atoms with E-state index < -0.39 is 0 Å². The van der Waals surface area contributed by atoms with Gasteiger partial charge in [0.05, 0.1) is 0 Å².